The van der Waals surface area contributed by atoms with Crippen LogP contribution in [0.2, 0.25) is 0 Å². The lowest BCUT2D eigenvalue weighted by atomic mass is 9.93. The first-order chi connectivity index (χ1) is 12.5. The van der Waals surface area contributed by atoms with Crippen molar-refractivity contribution in [3.05, 3.63) is 76.4 Å². The number of benzene rings is 2. The van der Waals surface area contributed by atoms with Gasteiger partial charge in [0, 0.05) is 13.0 Å². The maximum atomic E-state index is 13.7. The molecule has 2 aromatic carbocycles. The summed E-state index contributed by atoms with van der Waals surface area (Å²) >= 11 is 0. The van der Waals surface area contributed by atoms with Gasteiger partial charge in [-0.1, -0.05) is 35.9 Å². The summed E-state index contributed by atoms with van der Waals surface area (Å²) in [5.41, 5.74) is 3.54. The number of carbonyl (C=O) groups is 1. The number of hydrogen-bond donors (Lipinski definition) is 0. The average Bonchev–Trinajstić information content (AvgIpc) is 2.63. The number of nitrogens with zero attached hydrogens (tertiary/aromatic N) is 2. The third-order valence-corrected chi connectivity index (χ3v) is 4.67. The molecule has 0 fully saturated rings. The summed E-state index contributed by atoms with van der Waals surface area (Å²) in [6, 6.07) is 10.8. The summed E-state index contributed by atoms with van der Waals surface area (Å²) in [6.07, 6.45) is 2.95. The fourth-order valence-corrected chi connectivity index (χ4v) is 3.14. The quantitative estimate of drug-likeness (QED) is 0.607. The summed E-state index contributed by atoms with van der Waals surface area (Å²) < 4.78 is 27.5. The summed E-state index contributed by atoms with van der Waals surface area (Å²) in [5, 5.41) is 9.09. The van der Waals surface area contributed by atoms with E-state index in [1.807, 2.05) is 12.1 Å². The van der Waals surface area contributed by atoms with Crippen molar-refractivity contribution in [3.63, 3.8) is 0 Å². The zero-order chi connectivity index (χ0) is 18.7. The maximum absolute atomic E-state index is 13.7. The van der Waals surface area contributed by atoms with Gasteiger partial charge < -0.3 is 4.90 Å². The molecule has 0 unspecified atom stereocenters. The monoisotopic (exact) mass is 352 g/mol. The Hall–Kier alpha value is -3.00. The average molecular weight is 352 g/mol. The Morgan fingerprint density at radius 1 is 1.15 bits per heavy atom. The Morgan fingerprint density at radius 2 is 1.81 bits per heavy atom. The number of ketones is 1. The second kappa shape index (κ2) is 7.49. The summed E-state index contributed by atoms with van der Waals surface area (Å²) in [6.45, 7) is 3.36. The van der Waals surface area contributed by atoms with Crippen LogP contribution in [0.5, 0.6) is 0 Å². The molecule has 1 aliphatic heterocycles. The van der Waals surface area contributed by atoms with Crippen molar-refractivity contribution in [2.24, 2.45) is 0 Å². The van der Waals surface area contributed by atoms with Crippen molar-refractivity contribution >= 4 is 11.4 Å². The van der Waals surface area contributed by atoms with E-state index >= 15 is 0 Å². The highest BCUT2D eigenvalue weighted by atomic mass is 19.1. The number of nitriles is 1. The Bertz CT molecular complexity index is 890. The second-order valence-electron chi connectivity index (χ2n) is 6.42. The molecule has 0 saturated carbocycles. The molecule has 0 N–H and O–H groups in total. The third-order valence-electron chi connectivity index (χ3n) is 4.67. The van der Waals surface area contributed by atoms with Crippen LogP contribution in [0.25, 0.3) is 5.57 Å². The van der Waals surface area contributed by atoms with Gasteiger partial charge in [-0.3, -0.25) is 4.79 Å². The fraction of sp³-hybridized carbons (Fsp3) is 0.238. The molecular weight excluding hydrogens is 334 g/mol. The first-order valence-corrected chi connectivity index (χ1v) is 8.39. The molecule has 3 nitrogen and oxygen atoms in total. The Kier molecular flexibility index (Phi) is 5.13. The third kappa shape index (κ3) is 3.65. The van der Waals surface area contributed by atoms with Crippen LogP contribution in [0, 0.1) is 23.1 Å². The smallest absolute Gasteiger partial charge is 0.179 e. The highest BCUT2D eigenvalue weighted by molar-refractivity contribution is 5.98. The molecule has 0 bridgehead atoms. The molecule has 0 aromatic heterocycles. The van der Waals surface area contributed by atoms with Crippen LogP contribution < -0.4 is 0 Å². The molecule has 1 heterocycles. The van der Waals surface area contributed by atoms with Crippen LogP contribution in [-0.4, -0.2) is 23.8 Å². The predicted octanol–water partition coefficient (Wildman–Crippen LogP) is 4.35. The van der Waals surface area contributed by atoms with Gasteiger partial charge in [0.1, 0.15) is 11.6 Å². The van der Waals surface area contributed by atoms with Crippen molar-refractivity contribution < 1.29 is 13.6 Å². The van der Waals surface area contributed by atoms with E-state index in [2.05, 4.69) is 13.1 Å². The molecule has 0 atom stereocenters. The predicted molar refractivity (Wildman–Crippen MR) is 95.2 cm³/mol. The van der Waals surface area contributed by atoms with Gasteiger partial charge in [-0.2, -0.15) is 5.26 Å². The van der Waals surface area contributed by atoms with Crippen LogP contribution in [-0.2, 0) is 6.42 Å². The molecule has 3 rings (SSSR count). The van der Waals surface area contributed by atoms with Gasteiger partial charge in [-0.25, -0.2) is 8.78 Å². The first-order valence-electron chi connectivity index (χ1n) is 8.39. The molecule has 2 aromatic rings. The standard InChI is InChI=1S/C21H18F2N2O/c1-14-9-10-25(13-24)12-17(14)16-7-5-15(6-8-16)11-20(26)21-18(22)3-2-4-19(21)23/h2-8H,9-12H2,1H3. The molecule has 0 saturated heterocycles. The second-order valence-corrected chi connectivity index (χ2v) is 6.42. The molecule has 0 spiro atoms. The Labute approximate surface area is 151 Å². The minimum Gasteiger partial charge on any atom is -0.306 e. The van der Waals surface area contributed by atoms with Crippen LogP contribution in [0.3, 0.4) is 0 Å². The molecule has 0 aliphatic carbocycles. The van der Waals surface area contributed by atoms with Crippen molar-refractivity contribution in [3.8, 4) is 6.19 Å². The summed E-state index contributed by atoms with van der Waals surface area (Å²) in [5.74, 6) is -2.27. The Balaban J connectivity index is 1.78. The summed E-state index contributed by atoms with van der Waals surface area (Å²) in [7, 11) is 0. The van der Waals surface area contributed by atoms with Gasteiger partial charge in [-0.05, 0) is 42.2 Å². The van der Waals surface area contributed by atoms with Gasteiger partial charge in [-0.15, -0.1) is 0 Å². The van der Waals surface area contributed by atoms with E-state index < -0.39 is 23.0 Å². The number of hydrogen-bond acceptors (Lipinski definition) is 3. The van der Waals surface area contributed by atoms with Gasteiger partial charge in [0.2, 0.25) is 0 Å². The molecule has 0 radical (unpaired) electrons. The largest absolute Gasteiger partial charge is 0.306 e. The highest BCUT2D eigenvalue weighted by Crippen LogP contribution is 2.26. The zero-order valence-corrected chi connectivity index (χ0v) is 14.4. The number of rotatable bonds is 4. The lowest BCUT2D eigenvalue weighted by Crippen LogP contribution is -2.26. The van der Waals surface area contributed by atoms with E-state index in [-0.39, 0.29) is 6.42 Å². The van der Waals surface area contributed by atoms with E-state index in [9.17, 15) is 13.6 Å². The highest BCUT2D eigenvalue weighted by Gasteiger charge is 2.19. The number of Topliss-reactive ketones (excluding diaryl/α,β-unsaturated/α-hetero) is 1. The molecular formula is C21H18F2N2O. The molecule has 132 valence electrons. The lowest BCUT2D eigenvalue weighted by Gasteiger charge is -2.25. The van der Waals surface area contributed by atoms with Crippen LogP contribution >= 0.6 is 0 Å². The van der Waals surface area contributed by atoms with Gasteiger partial charge >= 0.3 is 0 Å². The van der Waals surface area contributed by atoms with E-state index in [0.717, 1.165) is 36.2 Å². The van der Waals surface area contributed by atoms with Gasteiger partial charge in [0.15, 0.2) is 12.0 Å². The van der Waals surface area contributed by atoms with E-state index in [0.29, 0.717) is 12.1 Å². The van der Waals surface area contributed by atoms with Crippen molar-refractivity contribution in [1.82, 2.24) is 4.90 Å². The van der Waals surface area contributed by atoms with Crippen molar-refractivity contribution in [2.45, 2.75) is 19.8 Å². The molecule has 1 aliphatic rings. The lowest BCUT2D eigenvalue weighted by molar-refractivity contribution is 0.0985. The van der Waals surface area contributed by atoms with Crippen molar-refractivity contribution in [1.29, 1.82) is 5.26 Å². The Morgan fingerprint density at radius 3 is 2.42 bits per heavy atom. The van der Waals surface area contributed by atoms with E-state index in [1.54, 1.807) is 17.0 Å². The first kappa shape index (κ1) is 17.8. The van der Waals surface area contributed by atoms with Crippen LogP contribution in [0.1, 0.15) is 34.8 Å². The molecule has 0 amide bonds. The fourth-order valence-electron chi connectivity index (χ4n) is 3.14. The molecule has 5 heteroatoms. The maximum Gasteiger partial charge on any atom is 0.179 e. The SMILES string of the molecule is CC1=C(c2ccc(CC(=O)c3c(F)cccc3F)cc2)CN(C#N)CC1. The van der Waals surface area contributed by atoms with Crippen molar-refractivity contribution in [2.75, 3.05) is 13.1 Å². The minimum atomic E-state index is -0.841. The zero-order valence-electron chi connectivity index (χ0n) is 14.4. The summed E-state index contributed by atoms with van der Waals surface area (Å²) in [4.78, 5) is 14.0. The number of halogens is 2. The normalized spacial score (nSPS) is 14.3. The van der Waals surface area contributed by atoms with Gasteiger partial charge in [0.25, 0.3) is 0 Å². The van der Waals surface area contributed by atoms with E-state index in [4.69, 9.17) is 5.26 Å². The van der Waals surface area contributed by atoms with Crippen LogP contribution in [0.15, 0.2) is 48.0 Å². The molecule has 26 heavy (non-hydrogen) atoms. The minimum absolute atomic E-state index is 0.0690. The van der Waals surface area contributed by atoms with Gasteiger partial charge in [0.05, 0.1) is 12.1 Å². The van der Waals surface area contributed by atoms with E-state index in [1.165, 1.54) is 11.6 Å². The number of carbonyl (C=O) groups excluding carboxylic acids is 1. The topological polar surface area (TPSA) is 44.1 Å². The van der Waals surface area contributed by atoms with Crippen LogP contribution in [0.4, 0.5) is 8.78 Å².